The van der Waals surface area contributed by atoms with E-state index in [2.05, 4.69) is 34.9 Å². The molecular formula is C26H35N5O6S2. The molecule has 1 aromatic carbocycles. The van der Waals surface area contributed by atoms with Crippen molar-refractivity contribution >= 4 is 44.1 Å². The summed E-state index contributed by atoms with van der Waals surface area (Å²) in [5.41, 5.74) is 6.15. The molecule has 0 radical (unpaired) electrons. The molecule has 4 rings (SSSR count). The lowest BCUT2D eigenvalue weighted by molar-refractivity contribution is -0.119. The van der Waals surface area contributed by atoms with Crippen LogP contribution >= 0.6 is 11.3 Å². The third kappa shape index (κ3) is 6.49. The Morgan fingerprint density at radius 3 is 2.26 bits per heavy atom. The Kier molecular flexibility index (Phi) is 8.76. The van der Waals surface area contributed by atoms with Crippen molar-refractivity contribution in [2.24, 2.45) is 0 Å². The lowest BCUT2D eigenvalue weighted by Crippen LogP contribution is -2.48. The van der Waals surface area contributed by atoms with Crippen molar-refractivity contribution in [2.45, 2.75) is 70.7 Å². The number of carbonyl (C=O) groups excluding carboxylic acids is 3. The Morgan fingerprint density at radius 2 is 1.67 bits per heavy atom. The first-order valence-electron chi connectivity index (χ1n) is 12.9. The standard InChI is InChI=1S/C26H35N5O6S2/c1-15(2)30-11-10-21-22(14-30)38-26(23(21)25(34)29-28-18(5)32)27-24(33)19-6-8-20(9-7-19)39(35,36)31-12-16(3)37-17(4)13-31/h6-9,15-17H,10-14H2,1-5H3,(H,27,33)(H,28,32)(H,29,34). The van der Waals surface area contributed by atoms with Crippen molar-refractivity contribution < 1.29 is 27.5 Å². The van der Waals surface area contributed by atoms with Crippen molar-refractivity contribution in [1.29, 1.82) is 0 Å². The topological polar surface area (TPSA) is 137 Å². The molecule has 0 saturated carbocycles. The molecule has 2 aliphatic heterocycles. The maximum absolute atomic E-state index is 13.2. The third-order valence-electron chi connectivity index (χ3n) is 6.76. The van der Waals surface area contributed by atoms with E-state index in [0.29, 0.717) is 29.6 Å². The van der Waals surface area contributed by atoms with Crippen LogP contribution in [0.2, 0.25) is 0 Å². The molecule has 212 valence electrons. The molecule has 39 heavy (non-hydrogen) atoms. The second kappa shape index (κ2) is 11.7. The predicted molar refractivity (Wildman–Crippen MR) is 148 cm³/mol. The minimum atomic E-state index is -3.74. The van der Waals surface area contributed by atoms with E-state index in [1.165, 1.54) is 46.8 Å². The molecule has 11 nitrogen and oxygen atoms in total. The monoisotopic (exact) mass is 577 g/mol. The second-order valence-corrected chi connectivity index (χ2v) is 13.3. The van der Waals surface area contributed by atoms with E-state index >= 15 is 0 Å². The number of carbonyl (C=O) groups is 3. The van der Waals surface area contributed by atoms with E-state index in [0.717, 1.165) is 17.0 Å². The summed E-state index contributed by atoms with van der Waals surface area (Å²) in [6.45, 7) is 11.1. The van der Waals surface area contributed by atoms with E-state index in [-0.39, 0.29) is 35.8 Å². The van der Waals surface area contributed by atoms with E-state index < -0.39 is 27.7 Å². The number of rotatable bonds is 6. The van der Waals surface area contributed by atoms with Crippen molar-refractivity contribution in [3.63, 3.8) is 0 Å². The summed E-state index contributed by atoms with van der Waals surface area (Å²) in [4.78, 5) is 40.9. The smallest absolute Gasteiger partial charge is 0.272 e. The Hall–Kier alpha value is -2.84. The summed E-state index contributed by atoms with van der Waals surface area (Å²) in [5, 5.41) is 3.22. The molecule has 0 spiro atoms. The van der Waals surface area contributed by atoms with Gasteiger partial charge in [0.15, 0.2) is 0 Å². The van der Waals surface area contributed by atoms with Crippen molar-refractivity contribution in [1.82, 2.24) is 20.1 Å². The number of morpholine rings is 1. The Bertz CT molecular complexity index is 1350. The Balaban J connectivity index is 1.56. The van der Waals surface area contributed by atoms with Crippen LogP contribution in [0.4, 0.5) is 5.00 Å². The van der Waals surface area contributed by atoms with Crippen molar-refractivity contribution in [2.75, 3.05) is 25.0 Å². The molecule has 1 fully saturated rings. The van der Waals surface area contributed by atoms with Crippen LogP contribution in [0.3, 0.4) is 0 Å². The maximum Gasteiger partial charge on any atom is 0.272 e. The summed E-state index contributed by atoms with van der Waals surface area (Å²) in [6, 6.07) is 6.08. The summed E-state index contributed by atoms with van der Waals surface area (Å²) in [5.74, 6) is -1.40. The van der Waals surface area contributed by atoms with Crippen LogP contribution in [-0.4, -0.2) is 73.2 Å². The van der Waals surface area contributed by atoms with Gasteiger partial charge in [-0.15, -0.1) is 11.3 Å². The molecule has 1 aromatic heterocycles. The fourth-order valence-corrected chi connectivity index (χ4v) is 7.69. The molecule has 2 unspecified atom stereocenters. The minimum Gasteiger partial charge on any atom is -0.373 e. The van der Waals surface area contributed by atoms with Gasteiger partial charge in [0.2, 0.25) is 15.9 Å². The number of thiophene rings is 1. The van der Waals surface area contributed by atoms with Crippen LogP contribution in [0.1, 0.15) is 65.8 Å². The lowest BCUT2D eigenvalue weighted by atomic mass is 10.0. The van der Waals surface area contributed by atoms with Gasteiger partial charge in [-0.3, -0.25) is 30.1 Å². The maximum atomic E-state index is 13.2. The first kappa shape index (κ1) is 29.2. The molecule has 1 saturated heterocycles. The van der Waals surface area contributed by atoms with Gasteiger partial charge in [0.25, 0.3) is 11.8 Å². The summed E-state index contributed by atoms with van der Waals surface area (Å²) in [6.07, 6.45) is 0.207. The highest BCUT2D eigenvalue weighted by Crippen LogP contribution is 2.38. The normalized spacial score (nSPS) is 20.4. The van der Waals surface area contributed by atoms with Gasteiger partial charge in [-0.2, -0.15) is 4.31 Å². The number of fused-ring (bicyclic) bond motifs is 1. The van der Waals surface area contributed by atoms with Crippen LogP contribution in [0, 0.1) is 0 Å². The number of amides is 3. The van der Waals surface area contributed by atoms with Crippen LogP contribution < -0.4 is 16.2 Å². The number of anilines is 1. The molecular weight excluding hydrogens is 542 g/mol. The van der Waals surface area contributed by atoms with Gasteiger partial charge in [-0.1, -0.05) is 0 Å². The molecule has 2 aliphatic rings. The van der Waals surface area contributed by atoms with Gasteiger partial charge in [0, 0.05) is 49.6 Å². The summed E-state index contributed by atoms with van der Waals surface area (Å²) >= 11 is 1.33. The fourth-order valence-electron chi connectivity index (χ4n) is 4.83. The van der Waals surface area contributed by atoms with Gasteiger partial charge < -0.3 is 10.1 Å². The van der Waals surface area contributed by atoms with E-state index in [9.17, 15) is 22.8 Å². The predicted octanol–water partition coefficient (Wildman–Crippen LogP) is 2.35. The van der Waals surface area contributed by atoms with Crippen LogP contribution in [0.15, 0.2) is 29.2 Å². The number of sulfonamides is 1. The first-order chi connectivity index (χ1) is 18.4. The average molecular weight is 578 g/mol. The highest BCUT2D eigenvalue weighted by atomic mass is 32.2. The number of nitrogens with zero attached hydrogens (tertiary/aromatic N) is 2. The molecule has 3 amide bonds. The zero-order valence-corrected chi connectivity index (χ0v) is 24.4. The summed E-state index contributed by atoms with van der Waals surface area (Å²) < 4.78 is 33.4. The Morgan fingerprint density at radius 1 is 1.03 bits per heavy atom. The zero-order valence-electron chi connectivity index (χ0n) is 22.7. The lowest BCUT2D eigenvalue weighted by Gasteiger charge is -2.34. The van der Waals surface area contributed by atoms with Crippen LogP contribution in [0.5, 0.6) is 0 Å². The molecule has 2 aromatic rings. The van der Waals surface area contributed by atoms with E-state index in [1.807, 2.05) is 13.8 Å². The number of benzene rings is 1. The van der Waals surface area contributed by atoms with E-state index in [1.54, 1.807) is 0 Å². The number of hydrogen-bond donors (Lipinski definition) is 3. The average Bonchev–Trinajstić information content (AvgIpc) is 3.23. The highest BCUT2D eigenvalue weighted by Gasteiger charge is 2.33. The van der Waals surface area contributed by atoms with Crippen molar-refractivity contribution in [3.05, 3.63) is 45.8 Å². The quantitative estimate of drug-likeness (QED) is 0.448. The van der Waals surface area contributed by atoms with Gasteiger partial charge in [0.05, 0.1) is 22.7 Å². The summed E-state index contributed by atoms with van der Waals surface area (Å²) in [7, 11) is -3.74. The second-order valence-electron chi connectivity index (χ2n) is 10.2. The molecule has 2 atom stereocenters. The number of ether oxygens (including phenoxy) is 1. The first-order valence-corrected chi connectivity index (χ1v) is 15.1. The molecule has 3 heterocycles. The van der Waals surface area contributed by atoms with E-state index in [4.69, 9.17) is 4.74 Å². The molecule has 13 heteroatoms. The molecule has 3 N–H and O–H groups in total. The number of nitrogens with one attached hydrogen (secondary N) is 3. The highest BCUT2D eigenvalue weighted by molar-refractivity contribution is 7.89. The zero-order chi connectivity index (χ0) is 28.5. The Labute approximate surface area is 232 Å². The van der Waals surface area contributed by atoms with Gasteiger partial charge in [-0.25, -0.2) is 8.42 Å². The fraction of sp³-hybridized carbons (Fsp3) is 0.500. The van der Waals surface area contributed by atoms with Gasteiger partial charge >= 0.3 is 0 Å². The number of hydrazine groups is 1. The van der Waals surface area contributed by atoms with Crippen LogP contribution in [-0.2, 0) is 32.5 Å². The SMILES string of the molecule is CC(=O)NNC(=O)c1c(NC(=O)c2ccc(S(=O)(=O)N3CC(C)OC(C)C3)cc2)sc2c1CCN(C(C)C)C2. The third-order valence-corrected chi connectivity index (χ3v) is 9.74. The minimum absolute atomic E-state index is 0.0936. The molecule has 0 aliphatic carbocycles. The van der Waals surface area contributed by atoms with Crippen molar-refractivity contribution in [3.8, 4) is 0 Å². The van der Waals surface area contributed by atoms with Gasteiger partial charge in [0.1, 0.15) is 5.00 Å². The molecule has 0 bridgehead atoms. The number of hydrogen-bond acceptors (Lipinski definition) is 8. The largest absolute Gasteiger partial charge is 0.373 e. The van der Waals surface area contributed by atoms with Crippen LogP contribution in [0.25, 0.3) is 0 Å². The van der Waals surface area contributed by atoms with Gasteiger partial charge in [-0.05, 0) is 63.9 Å².